The van der Waals surface area contributed by atoms with Gasteiger partial charge in [-0.15, -0.1) is 11.3 Å². The zero-order valence-electron chi connectivity index (χ0n) is 17.9. The number of benzene rings is 3. The molecular weight excluding hydrogens is 437 g/mol. The summed E-state index contributed by atoms with van der Waals surface area (Å²) < 4.78 is 14.2. The summed E-state index contributed by atoms with van der Waals surface area (Å²) in [4.78, 5) is 31.1. The number of carbonyl (C=O) groups excluding carboxylic acids is 2. The van der Waals surface area contributed by atoms with Crippen molar-refractivity contribution in [3.63, 3.8) is 0 Å². The quantitative estimate of drug-likeness (QED) is 0.350. The van der Waals surface area contributed by atoms with Crippen molar-refractivity contribution >= 4 is 28.7 Å². The van der Waals surface area contributed by atoms with Crippen LogP contribution in [0.5, 0.6) is 0 Å². The maximum Gasteiger partial charge on any atom is 0.248 e. The molecule has 1 unspecified atom stereocenters. The van der Waals surface area contributed by atoms with Gasteiger partial charge in [0.1, 0.15) is 18.1 Å². The largest absolute Gasteiger partial charge is 0.300 e. The number of aromatic nitrogens is 1. The Bertz CT molecular complexity index is 1250. The molecule has 166 valence electrons. The van der Waals surface area contributed by atoms with Gasteiger partial charge in [0.05, 0.1) is 0 Å². The van der Waals surface area contributed by atoms with Crippen molar-refractivity contribution in [3.8, 4) is 11.1 Å². The molecule has 0 aliphatic carbocycles. The van der Waals surface area contributed by atoms with Crippen LogP contribution < -0.4 is 5.32 Å². The molecular formula is C26H22FN3O2S. The average Bonchev–Trinajstić information content (AvgIpc) is 3.33. The molecule has 0 spiro atoms. The van der Waals surface area contributed by atoms with Crippen molar-refractivity contribution in [2.24, 2.45) is 0 Å². The summed E-state index contributed by atoms with van der Waals surface area (Å²) in [7, 11) is 1.83. The molecule has 0 saturated carbocycles. The Morgan fingerprint density at radius 3 is 2.58 bits per heavy atom. The maximum absolute atomic E-state index is 14.2. The lowest BCUT2D eigenvalue weighted by molar-refractivity contribution is -0.121. The summed E-state index contributed by atoms with van der Waals surface area (Å²) in [6.07, 6.45) is 2.40. The third kappa shape index (κ3) is 5.22. The van der Waals surface area contributed by atoms with Crippen LogP contribution in [-0.2, 0) is 11.3 Å². The molecule has 0 saturated heterocycles. The fraction of sp³-hybridized carbons (Fsp3) is 0.115. The van der Waals surface area contributed by atoms with Gasteiger partial charge in [-0.25, -0.2) is 9.37 Å². The lowest BCUT2D eigenvalue weighted by Gasteiger charge is -2.28. The number of rotatable bonds is 8. The van der Waals surface area contributed by atoms with Crippen LogP contribution in [0.3, 0.4) is 0 Å². The number of amides is 1. The molecule has 5 nitrogen and oxygen atoms in total. The van der Waals surface area contributed by atoms with Crippen LogP contribution in [0, 0.1) is 5.82 Å². The predicted molar refractivity (Wildman–Crippen MR) is 129 cm³/mol. The summed E-state index contributed by atoms with van der Waals surface area (Å²) in [6, 6.07) is 20.6. The fourth-order valence-electron chi connectivity index (χ4n) is 3.77. The van der Waals surface area contributed by atoms with Crippen molar-refractivity contribution in [1.29, 1.82) is 0 Å². The van der Waals surface area contributed by atoms with Crippen LogP contribution in [0.15, 0.2) is 84.4 Å². The van der Waals surface area contributed by atoms with Gasteiger partial charge in [-0.3, -0.25) is 14.5 Å². The first kappa shape index (κ1) is 22.5. The number of nitrogens with zero attached hydrogens (tertiary/aromatic N) is 2. The van der Waals surface area contributed by atoms with Gasteiger partial charge in [0.2, 0.25) is 5.91 Å². The average molecular weight is 460 g/mol. The molecule has 1 N–H and O–H groups in total. The molecule has 1 amide bonds. The van der Waals surface area contributed by atoms with Crippen LogP contribution in [-0.4, -0.2) is 29.1 Å². The van der Waals surface area contributed by atoms with E-state index in [4.69, 9.17) is 0 Å². The molecule has 0 fully saturated rings. The maximum atomic E-state index is 14.2. The third-order valence-electron chi connectivity index (χ3n) is 5.34. The molecule has 0 aliphatic rings. The minimum Gasteiger partial charge on any atom is -0.300 e. The minimum atomic E-state index is -0.596. The number of hydrogen-bond acceptors (Lipinski definition) is 5. The lowest BCUT2D eigenvalue weighted by atomic mass is 9.98. The zero-order chi connectivity index (χ0) is 23.2. The van der Waals surface area contributed by atoms with Gasteiger partial charge in [0, 0.05) is 29.2 Å². The first-order valence-electron chi connectivity index (χ1n) is 10.4. The van der Waals surface area contributed by atoms with Crippen LogP contribution >= 0.6 is 11.3 Å². The Morgan fingerprint density at radius 2 is 1.88 bits per heavy atom. The van der Waals surface area contributed by atoms with E-state index < -0.39 is 6.04 Å². The zero-order valence-corrected chi connectivity index (χ0v) is 18.8. The highest BCUT2D eigenvalue weighted by atomic mass is 32.1. The molecule has 4 rings (SSSR count). The number of thiazole rings is 1. The Hall–Kier alpha value is -3.68. The SMILES string of the molecule is CN(Cc1ccc(-c2ccccc2F)cc1C=O)C(C(=O)Nc1nccs1)c1ccccc1. The monoisotopic (exact) mass is 459 g/mol. The van der Waals surface area contributed by atoms with Crippen LogP contribution in [0.1, 0.15) is 27.5 Å². The Kier molecular flexibility index (Phi) is 7.02. The van der Waals surface area contributed by atoms with Crippen molar-refractivity contribution < 1.29 is 14.0 Å². The third-order valence-corrected chi connectivity index (χ3v) is 6.03. The minimum absolute atomic E-state index is 0.214. The van der Waals surface area contributed by atoms with E-state index in [9.17, 15) is 14.0 Å². The number of likely N-dealkylation sites (N-methyl/N-ethyl adjacent to an activating group) is 1. The molecule has 0 aliphatic heterocycles. The van der Waals surface area contributed by atoms with Gasteiger partial charge in [-0.1, -0.05) is 60.7 Å². The van der Waals surface area contributed by atoms with Crippen molar-refractivity contribution in [3.05, 3.63) is 107 Å². The second-order valence-corrected chi connectivity index (χ2v) is 8.46. The van der Waals surface area contributed by atoms with Gasteiger partial charge in [0.25, 0.3) is 0 Å². The summed E-state index contributed by atoms with van der Waals surface area (Å²) in [6.45, 7) is 0.344. The van der Waals surface area contributed by atoms with E-state index in [0.29, 0.717) is 28.4 Å². The predicted octanol–water partition coefficient (Wildman–Crippen LogP) is 5.57. The first-order chi connectivity index (χ1) is 16.1. The molecule has 4 aromatic rings. The van der Waals surface area contributed by atoms with E-state index in [1.54, 1.807) is 41.9 Å². The first-order valence-corrected chi connectivity index (χ1v) is 11.2. The van der Waals surface area contributed by atoms with Gasteiger partial charge < -0.3 is 5.32 Å². The van der Waals surface area contributed by atoms with Crippen LogP contribution in [0.4, 0.5) is 9.52 Å². The van der Waals surface area contributed by atoms with Crippen molar-refractivity contribution in [2.75, 3.05) is 12.4 Å². The molecule has 1 aromatic heterocycles. The highest BCUT2D eigenvalue weighted by molar-refractivity contribution is 7.13. The highest BCUT2D eigenvalue weighted by Crippen LogP contribution is 2.28. The molecule has 3 aromatic carbocycles. The number of halogens is 1. The Morgan fingerprint density at radius 1 is 1.12 bits per heavy atom. The van der Waals surface area contributed by atoms with E-state index in [1.165, 1.54) is 17.4 Å². The Labute approximate surface area is 195 Å². The molecule has 33 heavy (non-hydrogen) atoms. The van der Waals surface area contributed by atoms with E-state index in [1.807, 2.05) is 48.3 Å². The highest BCUT2D eigenvalue weighted by Gasteiger charge is 2.26. The number of nitrogens with one attached hydrogen (secondary N) is 1. The molecule has 0 radical (unpaired) electrons. The smallest absolute Gasteiger partial charge is 0.248 e. The second-order valence-electron chi connectivity index (χ2n) is 7.57. The van der Waals surface area contributed by atoms with Gasteiger partial charge in [-0.05, 0) is 35.9 Å². The molecule has 0 bridgehead atoms. The lowest BCUT2D eigenvalue weighted by Crippen LogP contribution is -2.34. The van der Waals surface area contributed by atoms with E-state index >= 15 is 0 Å². The summed E-state index contributed by atoms with van der Waals surface area (Å²) >= 11 is 1.35. The summed E-state index contributed by atoms with van der Waals surface area (Å²) in [5.74, 6) is -0.559. The number of hydrogen-bond donors (Lipinski definition) is 1. The number of aldehydes is 1. The standard InChI is InChI=1S/C26H22FN3O2S/c1-30(24(18-7-3-2-4-8-18)25(32)29-26-28-13-14-33-26)16-20-12-11-19(15-21(20)17-31)22-9-5-6-10-23(22)27/h2-15,17,24H,16H2,1H3,(H,28,29,32). The second kappa shape index (κ2) is 10.3. The Balaban J connectivity index is 1.62. The van der Waals surface area contributed by atoms with E-state index in [0.717, 1.165) is 17.4 Å². The van der Waals surface area contributed by atoms with E-state index in [2.05, 4.69) is 10.3 Å². The molecule has 1 heterocycles. The normalized spacial score (nSPS) is 11.8. The fourth-order valence-corrected chi connectivity index (χ4v) is 4.30. The van der Waals surface area contributed by atoms with Gasteiger partial charge in [-0.2, -0.15) is 0 Å². The summed E-state index contributed by atoms with van der Waals surface area (Å²) in [5, 5.41) is 5.19. The number of anilines is 1. The number of carbonyl (C=O) groups is 2. The van der Waals surface area contributed by atoms with Crippen LogP contribution in [0.25, 0.3) is 11.1 Å². The van der Waals surface area contributed by atoms with Gasteiger partial charge >= 0.3 is 0 Å². The molecule has 7 heteroatoms. The van der Waals surface area contributed by atoms with Gasteiger partial charge in [0.15, 0.2) is 5.13 Å². The summed E-state index contributed by atoms with van der Waals surface area (Å²) in [5.41, 5.74) is 3.09. The molecule has 1 atom stereocenters. The van der Waals surface area contributed by atoms with Crippen molar-refractivity contribution in [2.45, 2.75) is 12.6 Å². The van der Waals surface area contributed by atoms with Crippen LogP contribution in [0.2, 0.25) is 0 Å². The van der Waals surface area contributed by atoms with Crippen molar-refractivity contribution in [1.82, 2.24) is 9.88 Å². The van der Waals surface area contributed by atoms with E-state index in [-0.39, 0.29) is 11.7 Å². The topological polar surface area (TPSA) is 62.3 Å².